The van der Waals surface area contributed by atoms with E-state index in [-0.39, 0.29) is 37.2 Å². The molecule has 4 amide bonds. The number of nitrogens with zero attached hydrogens (tertiary/aromatic N) is 1. The van der Waals surface area contributed by atoms with E-state index in [4.69, 9.17) is 25.8 Å². The highest BCUT2D eigenvalue weighted by Gasteiger charge is 2.32. The highest BCUT2D eigenvalue weighted by atomic mass is 35.5. The van der Waals surface area contributed by atoms with Crippen molar-refractivity contribution in [3.63, 3.8) is 0 Å². The van der Waals surface area contributed by atoms with Crippen LogP contribution < -0.4 is 16.0 Å². The van der Waals surface area contributed by atoms with Crippen LogP contribution in [0.15, 0.2) is 24.3 Å². The molecule has 236 valence electrons. The summed E-state index contributed by atoms with van der Waals surface area (Å²) in [6.07, 6.45) is 3.05. The van der Waals surface area contributed by atoms with Crippen LogP contribution in [0.2, 0.25) is 5.02 Å². The van der Waals surface area contributed by atoms with E-state index in [2.05, 4.69) is 20.7 Å². The fourth-order valence-electron chi connectivity index (χ4n) is 5.43. The zero-order chi connectivity index (χ0) is 30.5. The summed E-state index contributed by atoms with van der Waals surface area (Å²) in [5, 5.41) is 9.23. The molecule has 2 fully saturated rings. The van der Waals surface area contributed by atoms with Gasteiger partial charge in [0, 0.05) is 56.4 Å². The Bertz CT molecular complexity index is 1020. The number of urea groups is 1. The van der Waals surface area contributed by atoms with Crippen LogP contribution in [-0.4, -0.2) is 87.9 Å². The second kappa shape index (κ2) is 16.8. The first kappa shape index (κ1) is 33.7. The van der Waals surface area contributed by atoms with Gasteiger partial charge < -0.3 is 39.8 Å². The largest absolute Gasteiger partial charge is 0.453 e. The van der Waals surface area contributed by atoms with E-state index in [9.17, 15) is 14.4 Å². The van der Waals surface area contributed by atoms with Gasteiger partial charge in [0.25, 0.3) is 0 Å². The highest BCUT2D eigenvalue weighted by Crippen LogP contribution is 2.34. The minimum atomic E-state index is -0.619. The van der Waals surface area contributed by atoms with Crippen LogP contribution in [0.3, 0.4) is 0 Å². The zero-order valence-electron chi connectivity index (χ0n) is 25.3. The number of hydrogen-bond acceptors (Lipinski definition) is 7. The Morgan fingerprint density at radius 2 is 1.95 bits per heavy atom. The number of piperidine rings is 1. The maximum atomic E-state index is 13.4. The lowest BCUT2D eigenvalue weighted by atomic mass is 9.88. The van der Waals surface area contributed by atoms with Crippen molar-refractivity contribution in [2.45, 2.75) is 70.6 Å². The van der Waals surface area contributed by atoms with Gasteiger partial charge in [0.05, 0.1) is 19.8 Å². The van der Waals surface area contributed by atoms with Gasteiger partial charge >= 0.3 is 18.2 Å². The Labute approximate surface area is 254 Å². The Morgan fingerprint density at radius 1 is 1.14 bits per heavy atom. The maximum absolute atomic E-state index is 13.4. The van der Waals surface area contributed by atoms with Gasteiger partial charge in [-0.25, -0.2) is 14.4 Å². The zero-order valence-corrected chi connectivity index (χ0v) is 26.0. The number of methoxy groups -OCH3 is 1. The minimum Gasteiger partial charge on any atom is -0.453 e. The number of ether oxygens (including phenoxy) is 4. The lowest BCUT2D eigenvalue weighted by Gasteiger charge is -2.37. The summed E-state index contributed by atoms with van der Waals surface area (Å²) < 4.78 is 22.0. The molecular formula is C30H47ClN4O7. The number of benzene rings is 1. The smallest absolute Gasteiger partial charge is 0.407 e. The van der Waals surface area contributed by atoms with Crippen LogP contribution in [0, 0.1) is 11.8 Å². The molecule has 0 spiro atoms. The average molecular weight is 611 g/mol. The number of carbonyl (C=O) groups is 3. The van der Waals surface area contributed by atoms with Crippen molar-refractivity contribution < 1.29 is 33.3 Å². The van der Waals surface area contributed by atoms with E-state index < -0.39 is 17.8 Å². The van der Waals surface area contributed by atoms with Crippen molar-refractivity contribution in [3.8, 4) is 0 Å². The van der Waals surface area contributed by atoms with Gasteiger partial charge in [-0.1, -0.05) is 23.7 Å². The molecule has 0 saturated carbocycles. The van der Waals surface area contributed by atoms with Crippen molar-refractivity contribution in [1.29, 1.82) is 0 Å². The van der Waals surface area contributed by atoms with Crippen molar-refractivity contribution in [1.82, 2.24) is 20.9 Å². The second-order valence-electron chi connectivity index (χ2n) is 12.0. The van der Waals surface area contributed by atoms with Gasteiger partial charge in [-0.05, 0) is 76.5 Å². The van der Waals surface area contributed by atoms with Gasteiger partial charge in [-0.2, -0.15) is 0 Å². The van der Waals surface area contributed by atoms with Gasteiger partial charge in [0.15, 0.2) is 0 Å². The first-order valence-electron chi connectivity index (χ1n) is 14.8. The molecule has 3 N–H and O–H groups in total. The van der Waals surface area contributed by atoms with E-state index in [0.717, 1.165) is 37.9 Å². The molecule has 3 rings (SSSR count). The number of halogens is 1. The van der Waals surface area contributed by atoms with Gasteiger partial charge in [0.2, 0.25) is 0 Å². The quantitative estimate of drug-likeness (QED) is 0.305. The van der Waals surface area contributed by atoms with Gasteiger partial charge in [-0.3, -0.25) is 0 Å². The summed E-state index contributed by atoms with van der Waals surface area (Å²) in [6, 6.07) is 7.05. The molecule has 2 heterocycles. The van der Waals surface area contributed by atoms with Gasteiger partial charge in [-0.15, -0.1) is 0 Å². The molecule has 1 unspecified atom stereocenters. The summed E-state index contributed by atoms with van der Waals surface area (Å²) in [5.74, 6) is 0.329. The molecule has 0 aromatic heterocycles. The minimum absolute atomic E-state index is 0.0242. The number of likely N-dealkylation sites (tertiary alicyclic amines) is 1. The topological polar surface area (TPSA) is 127 Å². The van der Waals surface area contributed by atoms with Gasteiger partial charge in [0.1, 0.15) is 5.60 Å². The van der Waals surface area contributed by atoms with Crippen LogP contribution in [-0.2, 0) is 18.9 Å². The van der Waals surface area contributed by atoms with Crippen LogP contribution in [0.25, 0.3) is 0 Å². The first-order chi connectivity index (χ1) is 20.0. The first-order valence-corrected chi connectivity index (χ1v) is 15.2. The molecule has 11 nitrogen and oxygen atoms in total. The third kappa shape index (κ3) is 11.9. The summed E-state index contributed by atoms with van der Waals surface area (Å²) in [6.45, 7) is 8.83. The standard InChI is InChI=1S/C30H47ClN4O7/c1-30(2,3)42-29(38)34-25(16-21-8-7-14-40-20-21)18-33-27(36)35-13-6-10-23(19-35)26(22-9-5-11-24(31)17-22)41-15-12-32-28(37)39-4/h5,9,11,17,21,23,25-26H,6-8,10,12-16,18-20H2,1-4H3,(H,32,37)(H,33,36)(H,34,38)/t21-,23-,25-,26?/m1/s1. The Kier molecular flexibility index (Phi) is 13.5. The third-order valence-corrected chi connectivity index (χ3v) is 7.53. The average Bonchev–Trinajstić information content (AvgIpc) is 2.95. The summed E-state index contributed by atoms with van der Waals surface area (Å²) in [4.78, 5) is 39.2. The normalized spacial score (nSPS) is 20.6. The summed E-state index contributed by atoms with van der Waals surface area (Å²) in [7, 11) is 1.31. The van der Waals surface area contributed by atoms with Crippen molar-refractivity contribution in [3.05, 3.63) is 34.9 Å². The van der Waals surface area contributed by atoms with Crippen LogP contribution in [0.4, 0.5) is 14.4 Å². The van der Waals surface area contributed by atoms with Crippen molar-refractivity contribution in [2.75, 3.05) is 53.1 Å². The molecule has 2 aliphatic heterocycles. The molecule has 12 heteroatoms. The molecule has 2 saturated heterocycles. The predicted molar refractivity (Wildman–Crippen MR) is 160 cm³/mol. The Balaban J connectivity index is 1.61. The molecule has 4 atom stereocenters. The van der Waals surface area contributed by atoms with E-state index in [0.29, 0.717) is 43.6 Å². The number of alkyl carbamates (subject to hydrolysis) is 2. The van der Waals surface area contributed by atoms with Crippen LogP contribution in [0.5, 0.6) is 0 Å². The summed E-state index contributed by atoms with van der Waals surface area (Å²) >= 11 is 6.29. The van der Waals surface area contributed by atoms with E-state index in [1.807, 2.05) is 45.0 Å². The third-order valence-electron chi connectivity index (χ3n) is 7.30. The predicted octanol–water partition coefficient (Wildman–Crippen LogP) is 4.89. The molecule has 1 aromatic carbocycles. The molecule has 1 aromatic rings. The van der Waals surface area contributed by atoms with E-state index >= 15 is 0 Å². The second-order valence-corrected chi connectivity index (χ2v) is 12.4. The lowest BCUT2D eigenvalue weighted by Crippen LogP contribution is -2.51. The van der Waals surface area contributed by atoms with Crippen LogP contribution >= 0.6 is 11.6 Å². The molecular weight excluding hydrogens is 564 g/mol. The molecule has 2 aliphatic rings. The van der Waals surface area contributed by atoms with Crippen LogP contribution in [0.1, 0.15) is 64.5 Å². The van der Waals surface area contributed by atoms with Crippen molar-refractivity contribution >= 4 is 29.8 Å². The lowest BCUT2D eigenvalue weighted by molar-refractivity contribution is -0.00854. The Morgan fingerprint density at radius 3 is 2.64 bits per heavy atom. The summed E-state index contributed by atoms with van der Waals surface area (Å²) in [5.41, 5.74) is 0.301. The van der Waals surface area contributed by atoms with E-state index in [1.165, 1.54) is 7.11 Å². The number of nitrogens with one attached hydrogen (secondary N) is 3. The number of carbonyl (C=O) groups excluding carboxylic acids is 3. The number of hydrogen-bond donors (Lipinski definition) is 3. The molecule has 42 heavy (non-hydrogen) atoms. The number of amides is 4. The molecule has 0 bridgehead atoms. The number of rotatable bonds is 11. The maximum Gasteiger partial charge on any atom is 0.407 e. The Hall–Kier alpha value is -2.76. The highest BCUT2D eigenvalue weighted by molar-refractivity contribution is 6.30. The monoisotopic (exact) mass is 610 g/mol. The molecule has 0 radical (unpaired) electrons. The SMILES string of the molecule is COC(=O)NCCOC(c1cccc(Cl)c1)[C@@H]1CCCN(C(=O)NC[C@@H](C[C@H]2CCCOC2)NC(=O)OC(C)(C)C)C1. The van der Waals surface area contributed by atoms with E-state index in [1.54, 1.807) is 4.90 Å². The molecule has 0 aliphatic carbocycles. The van der Waals surface area contributed by atoms with Crippen molar-refractivity contribution in [2.24, 2.45) is 11.8 Å². The fraction of sp³-hybridized carbons (Fsp3) is 0.700. The fourth-order valence-corrected chi connectivity index (χ4v) is 5.62.